The summed E-state index contributed by atoms with van der Waals surface area (Å²) < 4.78 is 12.9. The fraction of sp³-hybridized carbons (Fsp3) is 0.667. The molecule has 0 fully saturated rings. The average Bonchev–Trinajstić information content (AvgIpc) is 2.47. The lowest BCUT2D eigenvalue weighted by Crippen LogP contribution is -2.25. The maximum absolute atomic E-state index is 12.9. The van der Waals surface area contributed by atoms with Crippen molar-refractivity contribution in [2.24, 2.45) is 0 Å². The largest absolute Gasteiger partial charge is 0.352 e. The zero-order valence-corrected chi connectivity index (χ0v) is 7.32. The van der Waals surface area contributed by atoms with Crippen LogP contribution in [0.25, 0.3) is 0 Å². The summed E-state index contributed by atoms with van der Waals surface area (Å²) >= 11 is 0. The van der Waals surface area contributed by atoms with E-state index in [4.69, 9.17) is 0 Å². The van der Waals surface area contributed by atoms with Gasteiger partial charge in [0.2, 0.25) is 5.91 Å². The molecular formula is C9H14FNO. The van der Waals surface area contributed by atoms with Crippen LogP contribution in [-0.2, 0) is 4.79 Å². The quantitative estimate of drug-likeness (QED) is 0.690. The Balaban J connectivity index is 2.46. The van der Waals surface area contributed by atoms with Crippen LogP contribution in [0.3, 0.4) is 0 Å². The van der Waals surface area contributed by atoms with Crippen LogP contribution in [0.1, 0.15) is 32.6 Å². The molecule has 0 bridgehead atoms. The molecule has 1 aliphatic carbocycles. The van der Waals surface area contributed by atoms with Crippen LogP contribution >= 0.6 is 0 Å². The van der Waals surface area contributed by atoms with Gasteiger partial charge in [-0.25, -0.2) is 4.39 Å². The fourth-order valence-electron chi connectivity index (χ4n) is 1.29. The molecule has 0 saturated carbocycles. The minimum atomic E-state index is -0.219. The van der Waals surface area contributed by atoms with E-state index >= 15 is 0 Å². The topological polar surface area (TPSA) is 29.1 Å². The molecule has 0 spiro atoms. The standard InChI is InChI=1S/C9H14FNO/c1-2-6-11-9(12)7-4-3-5-8(7)10/h2-6H2,1H3,(H,11,12). The van der Waals surface area contributed by atoms with Crippen LogP contribution in [-0.4, -0.2) is 12.5 Å². The van der Waals surface area contributed by atoms with Crippen LogP contribution in [0.15, 0.2) is 11.4 Å². The van der Waals surface area contributed by atoms with Gasteiger partial charge >= 0.3 is 0 Å². The normalized spacial score (nSPS) is 16.8. The summed E-state index contributed by atoms with van der Waals surface area (Å²) in [6.07, 6.45) is 2.71. The van der Waals surface area contributed by atoms with Gasteiger partial charge in [-0.1, -0.05) is 6.92 Å². The predicted octanol–water partition coefficient (Wildman–Crippen LogP) is 1.92. The summed E-state index contributed by atoms with van der Waals surface area (Å²) in [7, 11) is 0. The van der Waals surface area contributed by atoms with Crippen LogP contribution in [0.4, 0.5) is 4.39 Å². The first-order chi connectivity index (χ1) is 5.75. The van der Waals surface area contributed by atoms with Gasteiger partial charge in [-0.2, -0.15) is 0 Å². The molecule has 0 heterocycles. The van der Waals surface area contributed by atoms with E-state index in [0.717, 1.165) is 12.8 Å². The van der Waals surface area contributed by atoms with E-state index in [1.54, 1.807) is 0 Å². The number of carbonyl (C=O) groups is 1. The average molecular weight is 171 g/mol. The van der Waals surface area contributed by atoms with Gasteiger partial charge in [0.25, 0.3) is 0 Å². The number of halogens is 1. The second-order valence-electron chi connectivity index (χ2n) is 2.99. The first-order valence-electron chi connectivity index (χ1n) is 4.41. The number of allylic oxidation sites excluding steroid dienone is 1. The lowest BCUT2D eigenvalue weighted by molar-refractivity contribution is -0.117. The van der Waals surface area contributed by atoms with Gasteiger partial charge < -0.3 is 5.32 Å². The highest BCUT2D eigenvalue weighted by atomic mass is 19.1. The Hall–Kier alpha value is -0.860. The molecule has 0 saturated heterocycles. The van der Waals surface area contributed by atoms with Gasteiger partial charge in [0.05, 0.1) is 0 Å². The van der Waals surface area contributed by atoms with Crippen LogP contribution < -0.4 is 5.32 Å². The van der Waals surface area contributed by atoms with Gasteiger partial charge in [0, 0.05) is 12.1 Å². The molecule has 0 atom stereocenters. The highest BCUT2D eigenvalue weighted by molar-refractivity contribution is 5.94. The third-order valence-corrected chi connectivity index (χ3v) is 1.96. The van der Waals surface area contributed by atoms with Crippen molar-refractivity contribution in [3.05, 3.63) is 11.4 Å². The molecule has 0 aromatic heterocycles. The number of rotatable bonds is 3. The summed E-state index contributed by atoms with van der Waals surface area (Å²) in [6, 6.07) is 0. The van der Waals surface area contributed by atoms with E-state index in [1.165, 1.54) is 0 Å². The summed E-state index contributed by atoms with van der Waals surface area (Å²) in [6.45, 7) is 2.61. The van der Waals surface area contributed by atoms with E-state index in [1.807, 2.05) is 6.92 Å². The molecular weight excluding hydrogens is 157 g/mol. The first-order valence-corrected chi connectivity index (χ1v) is 4.41. The maximum atomic E-state index is 12.9. The highest BCUT2D eigenvalue weighted by Crippen LogP contribution is 2.26. The van der Waals surface area contributed by atoms with Crippen molar-refractivity contribution in [3.8, 4) is 0 Å². The van der Waals surface area contributed by atoms with E-state index in [-0.39, 0.29) is 11.7 Å². The molecule has 1 aliphatic rings. The minimum absolute atomic E-state index is 0.216. The third-order valence-electron chi connectivity index (χ3n) is 1.96. The minimum Gasteiger partial charge on any atom is -0.352 e. The third kappa shape index (κ3) is 2.06. The molecule has 0 aromatic carbocycles. The van der Waals surface area contributed by atoms with E-state index in [0.29, 0.717) is 25.0 Å². The summed E-state index contributed by atoms with van der Waals surface area (Å²) in [5.74, 6) is -0.435. The monoisotopic (exact) mass is 171 g/mol. The zero-order valence-electron chi connectivity index (χ0n) is 7.32. The highest BCUT2D eigenvalue weighted by Gasteiger charge is 2.19. The number of amides is 1. The molecule has 0 unspecified atom stereocenters. The predicted molar refractivity (Wildman–Crippen MR) is 45.3 cm³/mol. The Morgan fingerprint density at radius 2 is 2.33 bits per heavy atom. The van der Waals surface area contributed by atoms with Crippen molar-refractivity contribution in [1.29, 1.82) is 0 Å². The Morgan fingerprint density at radius 1 is 1.58 bits per heavy atom. The molecule has 0 aliphatic heterocycles. The van der Waals surface area contributed by atoms with Gasteiger partial charge in [-0.3, -0.25) is 4.79 Å². The van der Waals surface area contributed by atoms with Crippen molar-refractivity contribution >= 4 is 5.91 Å². The Morgan fingerprint density at radius 3 is 2.83 bits per heavy atom. The SMILES string of the molecule is CCCNC(=O)C1=C(F)CCC1. The summed E-state index contributed by atoms with van der Waals surface area (Å²) in [5.41, 5.74) is 0.364. The molecule has 2 nitrogen and oxygen atoms in total. The zero-order chi connectivity index (χ0) is 8.97. The Bertz CT molecular complexity index is 211. The van der Waals surface area contributed by atoms with Crippen LogP contribution in [0.2, 0.25) is 0 Å². The van der Waals surface area contributed by atoms with E-state index in [2.05, 4.69) is 5.32 Å². The number of nitrogens with one attached hydrogen (secondary N) is 1. The Kier molecular flexibility index (Phi) is 3.26. The lowest BCUT2D eigenvalue weighted by Gasteiger charge is -2.02. The molecule has 1 rings (SSSR count). The van der Waals surface area contributed by atoms with Crippen molar-refractivity contribution in [1.82, 2.24) is 5.32 Å². The number of carbonyl (C=O) groups excluding carboxylic acids is 1. The fourth-order valence-corrected chi connectivity index (χ4v) is 1.29. The van der Waals surface area contributed by atoms with Gasteiger partial charge in [-0.15, -0.1) is 0 Å². The van der Waals surface area contributed by atoms with Crippen molar-refractivity contribution < 1.29 is 9.18 Å². The maximum Gasteiger partial charge on any atom is 0.249 e. The van der Waals surface area contributed by atoms with E-state index in [9.17, 15) is 9.18 Å². The Labute approximate surface area is 71.8 Å². The molecule has 0 aromatic rings. The van der Waals surface area contributed by atoms with Gasteiger partial charge in [0.1, 0.15) is 5.83 Å². The molecule has 1 N–H and O–H groups in total. The molecule has 1 amide bonds. The molecule has 0 radical (unpaired) electrons. The summed E-state index contributed by atoms with van der Waals surface area (Å²) in [4.78, 5) is 11.2. The van der Waals surface area contributed by atoms with Crippen molar-refractivity contribution in [2.45, 2.75) is 32.6 Å². The molecule has 3 heteroatoms. The first kappa shape index (κ1) is 9.23. The van der Waals surface area contributed by atoms with Crippen LogP contribution in [0.5, 0.6) is 0 Å². The molecule has 68 valence electrons. The smallest absolute Gasteiger partial charge is 0.249 e. The van der Waals surface area contributed by atoms with Crippen molar-refractivity contribution in [3.63, 3.8) is 0 Å². The molecule has 12 heavy (non-hydrogen) atoms. The number of hydrogen-bond acceptors (Lipinski definition) is 1. The number of hydrogen-bond donors (Lipinski definition) is 1. The second-order valence-corrected chi connectivity index (χ2v) is 2.99. The van der Waals surface area contributed by atoms with Gasteiger partial charge in [-0.05, 0) is 25.7 Å². The van der Waals surface area contributed by atoms with Gasteiger partial charge in [0.15, 0.2) is 0 Å². The van der Waals surface area contributed by atoms with Crippen LogP contribution in [0, 0.1) is 0 Å². The summed E-state index contributed by atoms with van der Waals surface area (Å²) in [5, 5.41) is 2.67. The van der Waals surface area contributed by atoms with E-state index < -0.39 is 0 Å². The second kappa shape index (κ2) is 4.24. The lowest BCUT2D eigenvalue weighted by atomic mass is 10.2. The van der Waals surface area contributed by atoms with Crippen molar-refractivity contribution in [2.75, 3.05) is 6.54 Å².